The Bertz CT molecular complexity index is 627. The van der Waals surface area contributed by atoms with Gasteiger partial charge in [-0.15, -0.1) is 0 Å². The standard InChI is InChI=1S/C13H10F3N3O/c14-13(15,16)6-10-9(8-2-1-4-18-7-8)3-5-19-11(10)12(17)20/h1-5,7H,6H2,(H2,17,20). The quantitative estimate of drug-likeness (QED) is 0.938. The van der Waals surface area contributed by atoms with Crippen LogP contribution in [0.3, 0.4) is 0 Å². The first-order valence-electron chi connectivity index (χ1n) is 5.63. The van der Waals surface area contributed by atoms with E-state index in [0.29, 0.717) is 5.56 Å². The third-order valence-corrected chi connectivity index (χ3v) is 2.64. The molecule has 0 fully saturated rings. The number of aromatic nitrogens is 2. The van der Waals surface area contributed by atoms with Crippen molar-refractivity contribution in [2.45, 2.75) is 12.6 Å². The zero-order chi connectivity index (χ0) is 14.8. The van der Waals surface area contributed by atoms with Crippen LogP contribution in [0.4, 0.5) is 13.2 Å². The summed E-state index contributed by atoms with van der Waals surface area (Å²) in [5.74, 6) is -0.991. The lowest BCUT2D eigenvalue weighted by atomic mass is 9.97. The fourth-order valence-electron chi connectivity index (χ4n) is 1.88. The molecule has 0 bridgehead atoms. The minimum atomic E-state index is -4.47. The second-order valence-corrected chi connectivity index (χ2v) is 4.08. The summed E-state index contributed by atoms with van der Waals surface area (Å²) >= 11 is 0. The van der Waals surface area contributed by atoms with E-state index in [2.05, 4.69) is 9.97 Å². The van der Waals surface area contributed by atoms with Gasteiger partial charge in [0.1, 0.15) is 5.69 Å². The molecular formula is C13H10F3N3O. The Balaban J connectivity index is 2.62. The molecule has 104 valence electrons. The monoisotopic (exact) mass is 281 g/mol. The second kappa shape index (κ2) is 5.28. The number of carbonyl (C=O) groups excluding carboxylic acids is 1. The number of primary amides is 1. The molecule has 0 aromatic carbocycles. The zero-order valence-corrected chi connectivity index (χ0v) is 10.2. The Morgan fingerprint density at radius 1 is 1.25 bits per heavy atom. The van der Waals surface area contributed by atoms with Crippen molar-refractivity contribution in [2.24, 2.45) is 5.73 Å². The van der Waals surface area contributed by atoms with Crippen LogP contribution in [0.5, 0.6) is 0 Å². The van der Waals surface area contributed by atoms with Crippen molar-refractivity contribution in [1.29, 1.82) is 0 Å². The lowest BCUT2D eigenvalue weighted by Crippen LogP contribution is -2.21. The van der Waals surface area contributed by atoms with Gasteiger partial charge in [0.15, 0.2) is 0 Å². The highest BCUT2D eigenvalue weighted by atomic mass is 19.4. The molecule has 0 saturated heterocycles. The van der Waals surface area contributed by atoms with Gasteiger partial charge in [-0.2, -0.15) is 13.2 Å². The van der Waals surface area contributed by atoms with Crippen LogP contribution in [-0.4, -0.2) is 22.1 Å². The van der Waals surface area contributed by atoms with Crippen LogP contribution in [0, 0.1) is 0 Å². The second-order valence-electron chi connectivity index (χ2n) is 4.08. The lowest BCUT2D eigenvalue weighted by Gasteiger charge is -2.14. The van der Waals surface area contributed by atoms with Crippen molar-refractivity contribution < 1.29 is 18.0 Å². The molecule has 2 heterocycles. The normalized spacial score (nSPS) is 11.3. The van der Waals surface area contributed by atoms with Gasteiger partial charge >= 0.3 is 6.18 Å². The largest absolute Gasteiger partial charge is 0.393 e. The van der Waals surface area contributed by atoms with Crippen LogP contribution in [-0.2, 0) is 6.42 Å². The van der Waals surface area contributed by atoms with Crippen molar-refractivity contribution >= 4 is 5.91 Å². The van der Waals surface area contributed by atoms with E-state index in [-0.39, 0.29) is 16.8 Å². The van der Waals surface area contributed by atoms with Crippen LogP contribution >= 0.6 is 0 Å². The highest BCUT2D eigenvalue weighted by Crippen LogP contribution is 2.30. The molecule has 0 radical (unpaired) electrons. The van der Waals surface area contributed by atoms with Crippen LogP contribution in [0.15, 0.2) is 36.8 Å². The maximum Gasteiger partial charge on any atom is 0.393 e. The molecule has 2 rings (SSSR count). The lowest BCUT2D eigenvalue weighted by molar-refractivity contribution is -0.127. The summed E-state index contributed by atoms with van der Waals surface area (Å²) in [5, 5.41) is 0. The van der Waals surface area contributed by atoms with Gasteiger partial charge in [-0.25, -0.2) is 0 Å². The molecule has 0 unspecified atom stereocenters. The molecule has 2 aromatic rings. The molecule has 2 N–H and O–H groups in total. The molecule has 0 aliphatic heterocycles. The van der Waals surface area contributed by atoms with Crippen molar-refractivity contribution in [3.05, 3.63) is 48.0 Å². The van der Waals surface area contributed by atoms with Gasteiger partial charge in [-0.3, -0.25) is 14.8 Å². The molecule has 4 nitrogen and oxygen atoms in total. The third kappa shape index (κ3) is 3.11. The van der Waals surface area contributed by atoms with Gasteiger partial charge in [0.05, 0.1) is 6.42 Å². The molecule has 0 spiro atoms. The Hall–Kier alpha value is -2.44. The first-order chi connectivity index (χ1) is 9.38. The number of nitrogens with two attached hydrogens (primary N) is 1. The van der Waals surface area contributed by atoms with E-state index < -0.39 is 18.5 Å². The van der Waals surface area contributed by atoms with E-state index in [1.165, 1.54) is 24.7 Å². The number of rotatable bonds is 3. The van der Waals surface area contributed by atoms with Crippen LogP contribution < -0.4 is 5.73 Å². The van der Waals surface area contributed by atoms with Gasteiger partial charge < -0.3 is 5.73 Å². The molecule has 0 atom stereocenters. The third-order valence-electron chi connectivity index (χ3n) is 2.64. The highest BCUT2D eigenvalue weighted by molar-refractivity contribution is 5.94. The Morgan fingerprint density at radius 2 is 2.00 bits per heavy atom. The van der Waals surface area contributed by atoms with E-state index in [0.717, 1.165) is 0 Å². The predicted octanol–water partition coefficient (Wildman–Crippen LogP) is 2.35. The summed E-state index contributed by atoms with van der Waals surface area (Å²) in [6.45, 7) is 0. The van der Waals surface area contributed by atoms with Gasteiger partial charge in [0.25, 0.3) is 5.91 Å². The van der Waals surface area contributed by atoms with Crippen molar-refractivity contribution in [3.63, 3.8) is 0 Å². The predicted molar refractivity (Wildman–Crippen MR) is 65.7 cm³/mol. The Labute approximate surface area is 112 Å². The summed E-state index contributed by atoms with van der Waals surface area (Å²) in [4.78, 5) is 18.8. The zero-order valence-electron chi connectivity index (χ0n) is 10.2. The molecule has 20 heavy (non-hydrogen) atoms. The molecule has 1 amide bonds. The molecule has 0 saturated carbocycles. The Kier molecular flexibility index (Phi) is 3.69. The summed E-state index contributed by atoms with van der Waals surface area (Å²) in [5.41, 5.74) is 5.21. The minimum Gasteiger partial charge on any atom is -0.364 e. The van der Waals surface area contributed by atoms with E-state index in [9.17, 15) is 18.0 Å². The van der Waals surface area contributed by atoms with Crippen molar-refractivity contribution in [3.8, 4) is 11.1 Å². The van der Waals surface area contributed by atoms with Gasteiger partial charge in [0.2, 0.25) is 0 Å². The molecule has 7 heteroatoms. The number of carbonyl (C=O) groups is 1. The first-order valence-corrected chi connectivity index (χ1v) is 5.63. The molecule has 2 aromatic heterocycles. The number of alkyl halides is 3. The topological polar surface area (TPSA) is 68.9 Å². The SMILES string of the molecule is NC(=O)c1nccc(-c2cccnc2)c1CC(F)(F)F. The maximum atomic E-state index is 12.7. The smallest absolute Gasteiger partial charge is 0.364 e. The van der Waals surface area contributed by atoms with Crippen LogP contribution in [0.25, 0.3) is 11.1 Å². The van der Waals surface area contributed by atoms with Crippen LogP contribution in [0.1, 0.15) is 16.1 Å². The fraction of sp³-hybridized carbons (Fsp3) is 0.154. The fourth-order valence-corrected chi connectivity index (χ4v) is 1.88. The Morgan fingerprint density at radius 3 is 2.55 bits per heavy atom. The van der Waals surface area contributed by atoms with E-state index >= 15 is 0 Å². The van der Waals surface area contributed by atoms with Gasteiger partial charge in [0, 0.05) is 29.7 Å². The van der Waals surface area contributed by atoms with Crippen molar-refractivity contribution in [1.82, 2.24) is 9.97 Å². The number of pyridine rings is 2. The number of hydrogen-bond donors (Lipinski definition) is 1. The van der Waals surface area contributed by atoms with Gasteiger partial charge in [-0.05, 0) is 17.7 Å². The average molecular weight is 281 g/mol. The van der Waals surface area contributed by atoms with Crippen LogP contribution in [0.2, 0.25) is 0 Å². The van der Waals surface area contributed by atoms with Crippen molar-refractivity contribution in [2.75, 3.05) is 0 Å². The number of amides is 1. The van der Waals surface area contributed by atoms with E-state index in [1.54, 1.807) is 12.1 Å². The summed E-state index contributed by atoms with van der Waals surface area (Å²) in [7, 11) is 0. The van der Waals surface area contributed by atoms with E-state index in [4.69, 9.17) is 5.73 Å². The number of halogens is 3. The number of hydrogen-bond acceptors (Lipinski definition) is 3. The highest BCUT2D eigenvalue weighted by Gasteiger charge is 2.32. The number of nitrogens with zero attached hydrogens (tertiary/aromatic N) is 2. The molecule has 0 aliphatic rings. The first kappa shape index (κ1) is 14.0. The van der Waals surface area contributed by atoms with Gasteiger partial charge in [-0.1, -0.05) is 6.07 Å². The minimum absolute atomic E-state index is 0.236. The summed E-state index contributed by atoms with van der Waals surface area (Å²) in [6.07, 6.45) is -1.57. The average Bonchev–Trinajstić information content (AvgIpc) is 2.38. The maximum absolute atomic E-state index is 12.7. The summed E-state index contributed by atoms with van der Waals surface area (Å²) in [6, 6.07) is 4.61. The van der Waals surface area contributed by atoms with E-state index in [1.807, 2.05) is 0 Å². The summed E-state index contributed by atoms with van der Waals surface area (Å²) < 4.78 is 38.1. The molecule has 0 aliphatic carbocycles. The molecular weight excluding hydrogens is 271 g/mol.